The predicted octanol–water partition coefficient (Wildman–Crippen LogP) is 3.07. The van der Waals surface area contributed by atoms with Crippen LogP contribution in [0.15, 0.2) is 71.5 Å². The third kappa shape index (κ3) is 4.49. The van der Waals surface area contributed by atoms with Crippen molar-refractivity contribution < 1.29 is 14.1 Å². The van der Waals surface area contributed by atoms with Gasteiger partial charge in [0.05, 0.1) is 17.4 Å². The number of nitrogens with zero attached hydrogens (tertiary/aromatic N) is 4. The number of rotatable bonds is 7. The van der Waals surface area contributed by atoms with Gasteiger partial charge in [-0.3, -0.25) is 4.79 Å². The van der Waals surface area contributed by atoms with E-state index in [2.05, 4.69) is 20.6 Å². The van der Waals surface area contributed by atoms with Gasteiger partial charge in [-0.1, -0.05) is 35.5 Å². The fourth-order valence-corrected chi connectivity index (χ4v) is 2.77. The van der Waals surface area contributed by atoms with Crippen LogP contribution in [-0.4, -0.2) is 25.8 Å². The molecule has 1 amide bonds. The van der Waals surface area contributed by atoms with Crippen molar-refractivity contribution in [1.29, 1.82) is 0 Å². The predicted molar refractivity (Wildman–Crippen MR) is 105 cm³/mol. The van der Waals surface area contributed by atoms with E-state index in [1.807, 2.05) is 36.5 Å². The minimum atomic E-state index is -0.239. The van der Waals surface area contributed by atoms with Crippen LogP contribution in [0.1, 0.15) is 27.6 Å². The summed E-state index contributed by atoms with van der Waals surface area (Å²) in [5.74, 6) is 1.10. The minimum Gasteiger partial charge on any atom is -0.485 e. The summed E-state index contributed by atoms with van der Waals surface area (Å²) in [6, 6.07) is 16.8. The number of carbonyl (C=O) groups is 1. The summed E-state index contributed by atoms with van der Waals surface area (Å²) >= 11 is 0. The molecule has 0 bridgehead atoms. The van der Waals surface area contributed by atoms with Crippen LogP contribution in [-0.2, 0) is 13.2 Å². The van der Waals surface area contributed by atoms with Crippen molar-refractivity contribution in [1.82, 2.24) is 25.2 Å². The quantitative estimate of drug-likeness (QED) is 0.522. The highest BCUT2D eigenvalue weighted by atomic mass is 16.5. The van der Waals surface area contributed by atoms with E-state index in [9.17, 15) is 4.79 Å². The van der Waals surface area contributed by atoms with Gasteiger partial charge >= 0.3 is 0 Å². The topological polar surface area (TPSA) is 95.1 Å². The van der Waals surface area contributed by atoms with Gasteiger partial charge in [-0.2, -0.15) is 10.1 Å². The molecule has 0 aliphatic heterocycles. The number of benzene rings is 2. The Labute approximate surface area is 167 Å². The maximum absolute atomic E-state index is 12.7. The standard InChI is InChI=1S/C21H19N5O3/c1-15-24-20(25-29-15)14-28-19-10-6-5-9-18(19)21(27)22-11-16-12-23-26(13-16)17-7-3-2-4-8-17/h2-10,12-13H,11,14H2,1H3,(H,22,27). The van der Waals surface area contributed by atoms with E-state index < -0.39 is 0 Å². The maximum Gasteiger partial charge on any atom is 0.255 e. The molecule has 0 atom stereocenters. The average Bonchev–Trinajstić information content (AvgIpc) is 3.40. The first-order valence-corrected chi connectivity index (χ1v) is 9.07. The third-order valence-corrected chi connectivity index (χ3v) is 4.17. The lowest BCUT2D eigenvalue weighted by Gasteiger charge is -2.10. The van der Waals surface area contributed by atoms with Crippen LogP contribution < -0.4 is 10.1 Å². The summed E-state index contributed by atoms with van der Waals surface area (Å²) < 4.78 is 12.4. The Morgan fingerprint density at radius 1 is 1.14 bits per heavy atom. The van der Waals surface area contributed by atoms with Crippen molar-refractivity contribution in [2.24, 2.45) is 0 Å². The average molecular weight is 389 g/mol. The van der Waals surface area contributed by atoms with E-state index in [1.54, 1.807) is 42.1 Å². The number of nitrogens with one attached hydrogen (secondary N) is 1. The number of para-hydroxylation sites is 2. The van der Waals surface area contributed by atoms with Crippen LogP contribution in [0.3, 0.4) is 0 Å². The molecule has 0 spiro atoms. The molecule has 1 N–H and O–H groups in total. The van der Waals surface area contributed by atoms with E-state index in [0.717, 1.165) is 11.3 Å². The molecule has 0 aliphatic carbocycles. The molecule has 8 nitrogen and oxygen atoms in total. The molecule has 146 valence electrons. The molecule has 0 saturated heterocycles. The number of amides is 1. The van der Waals surface area contributed by atoms with Gasteiger partial charge in [-0.05, 0) is 24.3 Å². The van der Waals surface area contributed by atoms with E-state index in [-0.39, 0.29) is 12.5 Å². The molecule has 0 aliphatic rings. The van der Waals surface area contributed by atoms with E-state index in [4.69, 9.17) is 9.26 Å². The number of ether oxygens (including phenoxy) is 1. The summed E-state index contributed by atoms with van der Waals surface area (Å²) in [6.07, 6.45) is 3.62. The fourth-order valence-electron chi connectivity index (χ4n) is 2.77. The van der Waals surface area contributed by atoms with Gasteiger partial charge in [0.25, 0.3) is 5.91 Å². The largest absolute Gasteiger partial charge is 0.485 e. The highest BCUT2D eigenvalue weighted by Gasteiger charge is 2.13. The Morgan fingerprint density at radius 3 is 2.72 bits per heavy atom. The van der Waals surface area contributed by atoms with Gasteiger partial charge in [0.2, 0.25) is 11.7 Å². The summed E-state index contributed by atoms with van der Waals surface area (Å²) in [5, 5.41) is 11.0. The monoisotopic (exact) mass is 389 g/mol. The zero-order valence-electron chi connectivity index (χ0n) is 15.8. The van der Waals surface area contributed by atoms with Crippen molar-refractivity contribution in [2.45, 2.75) is 20.1 Å². The second kappa shape index (κ2) is 8.39. The molecule has 29 heavy (non-hydrogen) atoms. The first-order chi connectivity index (χ1) is 14.2. The minimum absolute atomic E-state index is 0.117. The molecule has 0 radical (unpaired) electrons. The van der Waals surface area contributed by atoms with Crippen molar-refractivity contribution in [3.8, 4) is 11.4 Å². The van der Waals surface area contributed by atoms with Gasteiger partial charge in [-0.25, -0.2) is 4.68 Å². The Morgan fingerprint density at radius 2 is 1.93 bits per heavy atom. The van der Waals surface area contributed by atoms with E-state index in [0.29, 0.717) is 29.6 Å². The van der Waals surface area contributed by atoms with Crippen LogP contribution >= 0.6 is 0 Å². The molecule has 0 fully saturated rings. The first kappa shape index (κ1) is 18.4. The SMILES string of the molecule is Cc1nc(COc2ccccc2C(=O)NCc2cnn(-c3ccccc3)c2)no1. The second-order valence-electron chi connectivity index (χ2n) is 6.33. The summed E-state index contributed by atoms with van der Waals surface area (Å²) in [6.45, 7) is 2.17. The van der Waals surface area contributed by atoms with Gasteiger partial charge in [-0.15, -0.1) is 0 Å². The van der Waals surface area contributed by atoms with Crippen molar-refractivity contribution in [3.05, 3.63) is 89.8 Å². The molecule has 8 heteroatoms. The third-order valence-electron chi connectivity index (χ3n) is 4.17. The highest BCUT2D eigenvalue weighted by molar-refractivity contribution is 5.96. The Kier molecular flexibility index (Phi) is 5.33. The number of aromatic nitrogens is 4. The smallest absolute Gasteiger partial charge is 0.255 e. The number of aryl methyl sites for hydroxylation is 1. The summed E-state index contributed by atoms with van der Waals surface area (Å²) in [5.41, 5.74) is 2.28. The zero-order chi connectivity index (χ0) is 20.1. The lowest BCUT2D eigenvalue weighted by atomic mass is 10.2. The molecular weight excluding hydrogens is 370 g/mol. The van der Waals surface area contributed by atoms with Crippen molar-refractivity contribution >= 4 is 5.91 Å². The normalized spacial score (nSPS) is 10.7. The Balaban J connectivity index is 1.39. The number of hydrogen-bond donors (Lipinski definition) is 1. The molecule has 4 rings (SSSR count). The van der Waals surface area contributed by atoms with Crippen LogP contribution in [0.2, 0.25) is 0 Å². The van der Waals surface area contributed by atoms with Gasteiger partial charge in [0.1, 0.15) is 5.75 Å². The number of hydrogen-bond acceptors (Lipinski definition) is 6. The molecule has 2 aromatic heterocycles. The van der Waals surface area contributed by atoms with Crippen LogP contribution in [0.4, 0.5) is 0 Å². The van der Waals surface area contributed by atoms with Gasteiger partial charge in [0, 0.05) is 25.2 Å². The molecule has 2 aromatic carbocycles. The lowest BCUT2D eigenvalue weighted by Crippen LogP contribution is -2.23. The lowest BCUT2D eigenvalue weighted by molar-refractivity contribution is 0.0946. The molecule has 2 heterocycles. The number of carbonyl (C=O) groups excluding carboxylic acids is 1. The Hall–Kier alpha value is -3.94. The van der Waals surface area contributed by atoms with Crippen LogP contribution in [0.25, 0.3) is 5.69 Å². The van der Waals surface area contributed by atoms with Crippen LogP contribution in [0, 0.1) is 6.92 Å². The van der Waals surface area contributed by atoms with E-state index in [1.165, 1.54) is 0 Å². The van der Waals surface area contributed by atoms with Crippen molar-refractivity contribution in [3.63, 3.8) is 0 Å². The fraction of sp³-hybridized carbons (Fsp3) is 0.143. The maximum atomic E-state index is 12.7. The Bertz CT molecular complexity index is 1100. The zero-order valence-corrected chi connectivity index (χ0v) is 15.8. The summed E-state index contributed by atoms with van der Waals surface area (Å²) in [7, 11) is 0. The molecular formula is C21H19N5O3. The molecule has 4 aromatic rings. The summed E-state index contributed by atoms with van der Waals surface area (Å²) in [4.78, 5) is 16.8. The van der Waals surface area contributed by atoms with Crippen molar-refractivity contribution in [2.75, 3.05) is 0 Å². The first-order valence-electron chi connectivity index (χ1n) is 9.07. The van der Waals surface area contributed by atoms with Gasteiger partial charge < -0.3 is 14.6 Å². The highest BCUT2D eigenvalue weighted by Crippen LogP contribution is 2.19. The second-order valence-corrected chi connectivity index (χ2v) is 6.33. The van der Waals surface area contributed by atoms with E-state index >= 15 is 0 Å². The molecule has 0 saturated carbocycles. The van der Waals surface area contributed by atoms with Crippen LogP contribution in [0.5, 0.6) is 5.75 Å². The molecule has 0 unspecified atom stereocenters. The van der Waals surface area contributed by atoms with Gasteiger partial charge in [0.15, 0.2) is 6.61 Å².